The summed E-state index contributed by atoms with van der Waals surface area (Å²) in [5.74, 6) is 0.351. The van der Waals surface area contributed by atoms with Crippen LogP contribution in [0.25, 0.3) is 81.3 Å². The maximum absolute atomic E-state index is 2.61. The van der Waals surface area contributed by atoms with Crippen LogP contribution in [0.3, 0.4) is 0 Å². The molecule has 0 amide bonds. The van der Waals surface area contributed by atoms with Crippen molar-refractivity contribution in [2.24, 2.45) is 0 Å². The van der Waals surface area contributed by atoms with Crippen molar-refractivity contribution < 1.29 is 0 Å². The highest BCUT2D eigenvalue weighted by Crippen LogP contribution is 2.54. The summed E-state index contributed by atoms with van der Waals surface area (Å²) in [4.78, 5) is 0. The van der Waals surface area contributed by atoms with Gasteiger partial charge in [-0.3, -0.25) is 0 Å². The van der Waals surface area contributed by atoms with Crippen LogP contribution in [0.1, 0.15) is 42.9 Å². The smallest absolute Gasteiger partial charge is 0.0156 e. The van der Waals surface area contributed by atoms with Crippen molar-refractivity contribution in [2.75, 3.05) is 0 Å². The Morgan fingerprint density at radius 1 is 0.511 bits per heavy atom. The summed E-state index contributed by atoms with van der Waals surface area (Å²) in [6.07, 6.45) is 6.16. The van der Waals surface area contributed by atoms with Crippen LogP contribution in [-0.2, 0) is 5.41 Å². The summed E-state index contributed by atoms with van der Waals surface area (Å²) >= 11 is 0. The fourth-order valence-electron chi connectivity index (χ4n) is 9.41. The number of rotatable bonds is 2. The average Bonchev–Trinajstić information content (AvgIpc) is 3.34. The maximum atomic E-state index is 2.61. The van der Waals surface area contributed by atoms with E-state index in [-0.39, 0.29) is 5.41 Å². The Morgan fingerprint density at radius 3 is 1.72 bits per heavy atom. The monoisotopic (exact) mass is 596 g/mol. The lowest BCUT2D eigenvalue weighted by Gasteiger charge is -2.28. The van der Waals surface area contributed by atoms with Gasteiger partial charge in [-0.15, -0.1) is 0 Å². The average molecular weight is 597 g/mol. The van der Waals surface area contributed by atoms with Gasteiger partial charge in [0, 0.05) is 11.3 Å². The van der Waals surface area contributed by atoms with Gasteiger partial charge in [0.05, 0.1) is 0 Å². The zero-order valence-corrected chi connectivity index (χ0v) is 26.6. The van der Waals surface area contributed by atoms with Crippen molar-refractivity contribution in [2.45, 2.75) is 31.6 Å². The Kier molecular flexibility index (Phi) is 4.85. The highest BCUT2D eigenvalue weighted by molar-refractivity contribution is 6.26. The molecule has 9 aromatic rings. The van der Waals surface area contributed by atoms with E-state index >= 15 is 0 Å². The van der Waals surface area contributed by atoms with Crippen LogP contribution in [0.4, 0.5) is 0 Å². The normalized spacial score (nSPS) is 17.3. The van der Waals surface area contributed by atoms with Gasteiger partial charge in [0.25, 0.3) is 0 Å². The second-order valence-corrected chi connectivity index (χ2v) is 14.4. The molecule has 2 aliphatic rings. The molecule has 0 heterocycles. The molecule has 0 aromatic heterocycles. The van der Waals surface area contributed by atoms with Gasteiger partial charge in [0.15, 0.2) is 0 Å². The molecule has 0 radical (unpaired) electrons. The minimum Gasteiger partial charge on any atom is -0.0754 e. The molecule has 1 atom stereocenters. The first-order valence-electron chi connectivity index (χ1n) is 17.0. The lowest BCUT2D eigenvalue weighted by molar-refractivity contribution is 0.649. The number of hydrogen-bond acceptors (Lipinski definition) is 0. The Bertz CT molecular complexity index is 2810. The van der Waals surface area contributed by atoms with E-state index in [2.05, 4.69) is 153 Å². The summed E-state index contributed by atoms with van der Waals surface area (Å²) in [6.45, 7) is 4.86. The fraction of sp³-hybridized carbons (Fsp3) is 0.106. The van der Waals surface area contributed by atoms with Crippen LogP contribution in [0, 0.1) is 0 Å². The molecule has 0 fully saturated rings. The topological polar surface area (TPSA) is 0 Å². The van der Waals surface area contributed by atoms with Gasteiger partial charge < -0.3 is 0 Å². The van der Waals surface area contributed by atoms with E-state index in [9.17, 15) is 0 Å². The third-order valence-corrected chi connectivity index (χ3v) is 11.7. The lowest BCUT2D eigenvalue weighted by atomic mass is 9.76. The summed E-state index contributed by atoms with van der Waals surface area (Å²) in [5.41, 5.74) is 9.73. The highest BCUT2D eigenvalue weighted by Gasteiger charge is 2.40. The van der Waals surface area contributed by atoms with E-state index in [0.29, 0.717) is 5.92 Å². The Labute approximate surface area is 273 Å². The summed E-state index contributed by atoms with van der Waals surface area (Å²) in [7, 11) is 0. The second kappa shape index (κ2) is 8.87. The lowest BCUT2D eigenvalue weighted by Crippen LogP contribution is -2.17. The van der Waals surface area contributed by atoms with Gasteiger partial charge in [0.2, 0.25) is 0 Å². The van der Waals surface area contributed by atoms with Crippen molar-refractivity contribution in [3.8, 4) is 11.1 Å². The number of allylic oxidation sites excluding steroid dienone is 4. The second-order valence-electron chi connectivity index (χ2n) is 14.4. The quantitative estimate of drug-likeness (QED) is 0.174. The number of hydrogen-bond donors (Lipinski definition) is 0. The van der Waals surface area contributed by atoms with Crippen LogP contribution in [0.5, 0.6) is 0 Å². The largest absolute Gasteiger partial charge is 0.0754 e. The van der Waals surface area contributed by atoms with E-state index in [1.54, 1.807) is 0 Å². The third-order valence-electron chi connectivity index (χ3n) is 11.7. The minimum atomic E-state index is -0.0799. The molecule has 9 aromatic carbocycles. The van der Waals surface area contributed by atoms with Crippen LogP contribution >= 0.6 is 0 Å². The van der Waals surface area contributed by atoms with Crippen molar-refractivity contribution >= 4 is 70.2 Å². The Hall–Kier alpha value is -5.46. The highest BCUT2D eigenvalue weighted by atomic mass is 14.4. The molecule has 1 unspecified atom stereocenters. The van der Waals surface area contributed by atoms with Gasteiger partial charge in [-0.05, 0) is 116 Å². The first kappa shape index (κ1) is 25.7. The van der Waals surface area contributed by atoms with E-state index < -0.39 is 0 Å². The molecule has 0 bridgehead atoms. The molecule has 0 spiro atoms. The first-order valence-corrected chi connectivity index (χ1v) is 17.0. The molecule has 0 N–H and O–H groups in total. The van der Waals surface area contributed by atoms with Gasteiger partial charge in [0.1, 0.15) is 0 Å². The number of fused-ring (bicyclic) bond motifs is 3. The van der Waals surface area contributed by atoms with Crippen molar-refractivity contribution in [3.63, 3.8) is 0 Å². The molecule has 0 aliphatic heterocycles. The van der Waals surface area contributed by atoms with E-state index in [1.807, 2.05) is 0 Å². The standard InChI is InChI=1S/C47H32/c1-47(2)41-25-33(35-19-13-31-11-9-27-5-3-7-29-15-23-39(35)45(31)43(27)29)17-21-37(41)38-22-18-34(26-42(38)47)36-20-14-32-12-10-28-6-4-8-30-16-24-40(36)46(32)44(28)30/h3-17,19-26,34H,18H2,1-2H3. The molecule has 2 aliphatic carbocycles. The minimum absolute atomic E-state index is 0.0799. The molecule has 11 rings (SSSR count). The van der Waals surface area contributed by atoms with Gasteiger partial charge >= 0.3 is 0 Å². The van der Waals surface area contributed by atoms with Crippen molar-refractivity contribution in [1.82, 2.24) is 0 Å². The van der Waals surface area contributed by atoms with Gasteiger partial charge in [-0.25, -0.2) is 0 Å². The third kappa shape index (κ3) is 3.33. The predicted molar refractivity (Wildman–Crippen MR) is 202 cm³/mol. The molecule has 0 nitrogen and oxygen atoms in total. The molecular formula is C47H32. The fourth-order valence-corrected chi connectivity index (χ4v) is 9.41. The van der Waals surface area contributed by atoms with Crippen LogP contribution in [0.2, 0.25) is 0 Å². The zero-order valence-electron chi connectivity index (χ0n) is 26.6. The molecule has 0 saturated heterocycles. The molecule has 0 saturated carbocycles. The van der Waals surface area contributed by atoms with Crippen molar-refractivity contribution in [3.05, 3.63) is 162 Å². The summed E-state index contributed by atoms with van der Waals surface area (Å²) in [6, 6.07) is 48.4. The van der Waals surface area contributed by atoms with E-state index in [1.165, 1.54) is 104 Å². The Morgan fingerprint density at radius 2 is 1.04 bits per heavy atom. The summed E-state index contributed by atoms with van der Waals surface area (Å²) in [5, 5.41) is 16.2. The predicted octanol–water partition coefficient (Wildman–Crippen LogP) is 12.9. The van der Waals surface area contributed by atoms with E-state index in [0.717, 1.165) is 6.42 Å². The van der Waals surface area contributed by atoms with Crippen molar-refractivity contribution in [1.29, 1.82) is 0 Å². The van der Waals surface area contributed by atoms with Gasteiger partial charge in [-0.2, -0.15) is 0 Å². The van der Waals surface area contributed by atoms with Crippen LogP contribution in [0.15, 0.2) is 145 Å². The van der Waals surface area contributed by atoms with E-state index in [4.69, 9.17) is 0 Å². The van der Waals surface area contributed by atoms with Crippen LogP contribution in [-0.4, -0.2) is 0 Å². The summed E-state index contributed by atoms with van der Waals surface area (Å²) < 4.78 is 0. The van der Waals surface area contributed by atoms with Crippen LogP contribution < -0.4 is 0 Å². The maximum Gasteiger partial charge on any atom is 0.0156 e. The zero-order chi connectivity index (χ0) is 31.0. The molecular weight excluding hydrogens is 565 g/mol. The number of benzene rings is 9. The SMILES string of the molecule is CC1(C)C2=CC(c3ccc4ccc5cccc6ccc3c4c56)CC=C2c2ccc(-c3ccc4ccc5cccc6ccc3c4c56)cc21. The molecule has 0 heteroatoms. The first-order chi connectivity index (χ1) is 23.0. The molecule has 47 heavy (non-hydrogen) atoms. The van der Waals surface area contributed by atoms with Gasteiger partial charge in [-0.1, -0.05) is 147 Å². The molecule has 220 valence electrons. The Balaban J connectivity index is 1.05.